The second kappa shape index (κ2) is 3.37. The van der Waals surface area contributed by atoms with E-state index < -0.39 is 0 Å². The smallest absolute Gasteiger partial charge is 0.217 e. The fourth-order valence-electron chi connectivity index (χ4n) is 2.71. The van der Waals surface area contributed by atoms with Crippen LogP contribution >= 0.6 is 0 Å². The fraction of sp³-hybridized carbons (Fsp3) is 0.818. The highest BCUT2D eigenvalue weighted by Gasteiger charge is 2.47. The van der Waals surface area contributed by atoms with Crippen molar-refractivity contribution >= 4 is 11.7 Å². The van der Waals surface area contributed by atoms with Crippen molar-refractivity contribution in [2.45, 2.75) is 51.5 Å². The van der Waals surface area contributed by atoms with E-state index in [0.29, 0.717) is 11.8 Å². The first-order chi connectivity index (χ1) is 6.62. The Kier molecular flexibility index (Phi) is 2.33. The molecule has 2 saturated carbocycles. The molecule has 3 nitrogen and oxygen atoms in total. The van der Waals surface area contributed by atoms with Gasteiger partial charge < -0.3 is 5.32 Å². The molecule has 0 aliphatic heterocycles. The molecule has 0 atom stereocenters. The quantitative estimate of drug-likeness (QED) is 0.687. The second-order valence-electron chi connectivity index (χ2n) is 4.68. The van der Waals surface area contributed by atoms with Crippen molar-refractivity contribution in [3.63, 3.8) is 0 Å². The van der Waals surface area contributed by atoms with Crippen LogP contribution in [0.5, 0.6) is 0 Å². The van der Waals surface area contributed by atoms with Gasteiger partial charge in [0.2, 0.25) is 5.91 Å². The summed E-state index contributed by atoms with van der Waals surface area (Å²) in [6.45, 7) is 1.55. The largest absolute Gasteiger partial charge is 0.354 e. The monoisotopic (exact) mass is 195 g/mol. The maximum absolute atomic E-state index is 11.4. The van der Waals surface area contributed by atoms with Gasteiger partial charge in [-0.05, 0) is 32.1 Å². The van der Waals surface area contributed by atoms with Crippen LogP contribution in [0.3, 0.4) is 0 Å². The molecule has 0 heterocycles. The van der Waals surface area contributed by atoms with Crippen LogP contribution in [0.15, 0.2) is 0 Å². The van der Waals surface area contributed by atoms with Gasteiger partial charge in [0, 0.05) is 24.8 Å². The number of carbonyl (C=O) groups excluding carboxylic acids is 2. The van der Waals surface area contributed by atoms with Gasteiger partial charge in [-0.2, -0.15) is 0 Å². The lowest BCUT2D eigenvalue weighted by Gasteiger charge is -2.45. The summed E-state index contributed by atoms with van der Waals surface area (Å²) in [7, 11) is 0. The van der Waals surface area contributed by atoms with E-state index in [1.165, 1.54) is 0 Å². The predicted octanol–water partition coefficient (Wildman–Crippen LogP) is 1.41. The Morgan fingerprint density at radius 1 is 1.36 bits per heavy atom. The van der Waals surface area contributed by atoms with Crippen molar-refractivity contribution < 1.29 is 9.59 Å². The van der Waals surface area contributed by atoms with E-state index in [9.17, 15) is 9.59 Å². The van der Waals surface area contributed by atoms with Crippen LogP contribution < -0.4 is 5.32 Å². The number of ketones is 1. The topological polar surface area (TPSA) is 46.2 Å². The number of hydrogen-bond donors (Lipinski definition) is 1. The SMILES string of the molecule is CC(=O)NC1CCC2(CCC2=O)CC1. The molecule has 14 heavy (non-hydrogen) atoms. The standard InChI is InChI=1S/C11H17NO2/c1-8(13)12-9-2-5-11(6-3-9)7-4-10(11)14/h9H,2-7H2,1H3,(H,12,13). The fourth-order valence-corrected chi connectivity index (χ4v) is 2.71. The number of nitrogens with one attached hydrogen (secondary N) is 1. The van der Waals surface area contributed by atoms with Crippen LogP contribution in [0.4, 0.5) is 0 Å². The van der Waals surface area contributed by atoms with E-state index in [-0.39, 0.29) is 11.3 Å². The lowest BCUT2D eigenvalue weighted by Crippen LogP contribution is -2.47. The normalized spacial score (nSPS) is 36.6. The van der Waals surface area contributed by atoms with E-state index in [2.05, 4.69) is 5.32 Å². The van der Waals surface area contributed by atoms with E-state index >= 15 is 0 Å². The molecule has 2 aliphatic carbocycles. The zero-order chi connectivity index (χ0) is 10.2. The summed E-state index contributed by atoms with van der Waals surface area (Å²) in [4.78, 5) is 22.3. The molecule has 2 fully saturated rings. The molecule has 1 spiro atoms. The molecule has 2 rings (SSSR count). The number of amides is 1. The van der Waals surface area contributed by atoms with Crippen LogP contribution in [0, 0.1) is 5.41 Å². The molecule has 1 N–H and O–H groups in total. The summed E-state index contributed by atoms with van der Waals surface area (Å²) in [5, 5.41) is 2.93. The van der Waals surface area contributed by atoms with Gasteiger partial charge >= 0.3 is 0 Å². The summed E-state index contributed by atoms with van der Waals surface area (Å²) in [6.07, 6.45) is 5.79. The highest BCUT2D eigenvalue weighted by Crippen LogP contribution is 2.48. The number of Topliss-reactive ketones (excluding diaryl/α,β-unsaturated/α-hetero) is 1. The average Bonchev–Trinajstić information content (AvgIpc) is 2.16. The predicted molar refractivity (Wildman–Crippen MR) is 52.7 cm³/mol. The Morgan fingerprint density at radius 2 is 2.00 bits per heavy atom. The zero-order valence-corrected chi connectivity index (χ0v) is 8.64. The van der Waals surface area contributed by atoms with Crippen LogP contribution in [0.25, 0.3) is 0 Å². The van der Waals surface area contributed by atoms with Gasteiger partial charge in [0.15, 0.2) is 0 Å². The van der Waals surface area contributed by atoms with Crippen molar-refractivity contribution in [3.05, 3.63) is 0 Å². The van der Waals surface area contributed by atoms with E-state index in [1.54, 1.807) is 6.92 Å². The third-order valence-electron chi connectivity index (χ3n) is 3.77. The lowest BCUT2D eigenvalue weighted by molar-refractivity contribution is -0.141. The molecule has 0 aromatic rings. The highest BCUT2D eigenvalue weighted by atomic mass is 16.1. The number of hydrogen-bond acceptors (Lipinski definition) is 2. The maximum Gasteiger partial charge on any atom is 0.217 e. The third kappa shape index (κ3) is 1.56. The summed E-state index contributed by atoms with van der Waals surface area (Å²) < 4.78 is 0. The average molecular weight is 195 g/mol. The summed E-state index contributed by atoms with van der Waals surface area (Å²) in [5.41, 5.74) is 0.0367. The van der Waals surface area contributed by atoms with E-state index in [0.717, 1.165) is 38.5 Å². The minimum absolute atomic E-state index is 0.0367. The molecule has 0 aromatic heterocycles. The van der Waals surface area contributed by atoms with E-state index in [1.807, 2.05) is 0 Å². The molecule has 0 bridgehead atoms. The van der Waals surface area contributed by atoms with Crippen LogP contribution in [-0.4, -0.2) is 17.7 Å². The Bertz CT molecular complexity index is 264. The molecule has 1 amide bonds. The van der Waals surface area contributed by atoms with Crippen molar-refractivity contribution in [2.24, 2.45) is 5.41 Å². The van der Waals surface area contributed by atoms with Crippen molar-refractivity contribution in [1.29, 1.82) is 0 Å². The van der Waals surface area contributed by atoms with Crippen molar-refractivity contribution in [3.8, 4) is 0 Å². The first kappa shape index (κ1) is 9.69. The summed E-state index contributed by atoms with van der Waals surface area (Å²) in [6, 6.07) is 0.312. The molecule has 3 heteroatoms. The Morgan fingerprint density at radius 3 is 2.36 bits per heavy atom. The first-order valence-electron chi connectivity index (χ1n) is 5.43. The van der Waals surface area contributed by atoms with Gasteiger partial charge in [0.1, 0.15) is 5.78 Å². The van der Waals surface area contributed by atoms with Crippen molar-refractivity contribution in [2.75, 3.05) is 0 Å². The molecule has 78 valence electrons. The molecule has 0 saturated heterocycles. The Hall–Kier alpha value is -0.860. The van der Waals surface area contributed by atoms with Gasteiger partial charge in [0.25, 0.3) is 0 Å². The first-order valence-corrected chi connectivity index (χ1v) is 5.43. The molecule has 0 radical (unpaired) electrons. The number of carbonyl (C=O) groups is 2. The van der Waals surface area contributed by atoms with Crippen LogP contribution in [0.1, 0.15) is 45.4 Å². The van der Waals surface area contributed by atoms with Crippen LogP contribution in [-0.2, 0) is 9.59 Å². The molecule has 2 aliphatic rings. The second-order valence-corrected chi connectivity index (χ2v) is 4.68. The van der Waals surface area contributed by atoms with Gasteiger partial charge in [-0.25, -0.2) is 0 Å². The Balaban J connectivity index is 1.86. The minimum Gasteiger partial charge on any atom is -0.354 e. The zero-order valence-electron chi connectivity index (χ0n) is 8.64. The van der Waals surface area contributed by atoms with Crippen molar-refractivity contribution in [1.82, 2.24) is 5.32 Å². The lowest BCUT2D eigenvalue weighted by atomic mass is 9.59. The third-order valence-corrected chi connectivity index (χ3v) is 3.77. The number of rotatable bonds is 1. The summed E-state index contributed by atoms with van der Waals surface area (Å²) >= 11 is 0. The molecular weight excluding hydrogens is 178 g/mol. The van der Waals surface area contributed by atoms with Gasteiger partial charge in [-0.1, -0.05) is 0 Å². The molecule has 0 unspecified atom stereocenters. The Labute approximate surface area is 84.2 Å². The molecular formula is C11H17NO2. The summed E-state index contributed by atoms with van der Waals surface area (Å²) in [5.74, 6) is 0.504. The highest BCUT2D eigenvalue weighted by molar-refractivity contribution is 5.90. The maximum atomic E-state index is 11.4. The van der Waals surface area contributed by atoms with Crippen LogP contribution in [0.2, 0.25) is 0 Å². The van der Waals surface area contributed by atoms with Gasteiger partial charge in [-0.15, -0.1) is 0 Å². The van der Waals surface area contributed by atoms with Gasteiger partial charge in [0.05, 0.1) is 0 Å². The minimum atomic E-state index is 0.0367. The molecule has 0 aromatic carbocycles. The van der Waals surface area contributed by atoms with E-state index in [4.69, 9.17) is 0 Å². The van der Waals surface area contributed by atoms with Gasteiger partial charge in [-0.3, -0.25) is 9.59 Å².